The molecule has 0 atom stereocenters. The standard InChI is InChI=1S/C14H11F3.C7H5F3O/c1-9-2-4-10(5-3-9)11-6-13(16)12(8-15)14(17)7-11;1-4-6(8)2-5(11-10)3-7(4)9/h2-7H,8H2,1H3;2-3H,1H3. The van der Waals surface area contributed by atoms with Gasteiger partial charge in [-0.05, 0) is 37.1 Å². The molecule has 0 aliphatic rings. The van der Waals surface area contributed by atoms with E-state index in [4.69, 9.17) is 0 Å². The van der Waals surface area contributed by atoms with Gasteiger partial charge in [0.25, 0.3) is 0 Å². The van der Waals surface area contributed by atoms with Gasteiger partial charge in [0.2, 0.25) is 0 Å². The fourth-order valence-electron chi connectivity index (χ4n) is 2.31. The van der Waals surface area contributed by atoms with Gasteiger partial charge in [-0.2, -0.15) is 0 Å². The van der Waals surface area contributed by atoms with Crippen LogP contribution < -0.4 is 4.94 Å². The van der Waals surface area contributed by atoms with E-state index in [1.807, 2.05) is 19.1 Å². The second-order valence-electron chi connectivity index (χ2n) is 6.01. The lowest BCUT2D eigenvalue weighted by Gasteiger charge is -2.06. The van der Waals surface area contributed by atoms with Crippen molar-refractivity contribution in [2.45, 2.75) is 20.5 Å². The van der Waals surface area contributed by atoms with Crippen LogP contribution in [0, 0.1) is 37.1 Å². The Morgan fingerprint density at radius 3 is 1.64 bits per heavy atom. The Hall–Kier alpha value is -2.96. The molecule has 0 aliphatic carbocycles. The molecular weight excluding hydrogens is 382 g/mol. The molecule has 0 saturated heterocycles. The molecule has 7 heteroatoms. The SMILES string of the molecule is Cc1c(F)cc(OF)cc1F.Cc1ccc(-c2cc(F)c(CF)c(F)c2)cc1. The molecular formula is C21H16F6O. The molecule has 0 bridgehead atoms. The van der Waals surface area contributed by atoms with Crippen LogP contribution in [-0.4, -0.2) is 0 Å². The fourth-order valence-corrected chi connectivity index (χ4v) is 2.31. The zero-order valence-electron chi connectivity index (χ0n) is 15.0. The summed E-state index contributed by atoms with van der Waals surface area (Å²) in [4.78, 5) is 3.15. The van der Waals surface area contributed by atoms with Crippen molar-refractivity contribution in [3.05, 3.63) is 88.5 Å². The molecule has 0 spiro atoms. The van der Waals surface area contributed by atoms with Crippen LogP contribution in [0.3, 0.4) is 0 Å². The molecule has 0 heterocycles. The Balaban J connectivity index is 0.000000221. The lowest BCUT2D eigenvalue weighted by atomic mass is 10.0. The Morgan fingerprint density at radius 1 is 0.714 bits per heavy atom. The summed E-state index contributed by atoms with van der Waals surface area (Å²) in [7, 11) is 0. The average molecular weight is 398 g/mol. The van der Waals surface area contributed by atoms with E-state index in [9.17, 15) is 26.5 Å². The van der Waals surface area contributed by atoms with Gasteiger partial charge in [0.15, 0.2) is 5.75 Å². The van der Waals surface area contributed by atoms with Crippen molar-refractivity contribution < 1.29 is 31.4 Å². The Kier molecular flexibility index (Phi) is 7.09. The number of rotatable bonds is 3. The van der Waals surface area contributed by atoms with Crippen LogP contribution in [0.2, 0.25) is 0 Å². The summed E-state index contributed by atoms with van der Waals surface area (Å²) in [6, 6.07) is 11.1. The van der Waals surface area contributed by atoms with Crippen molar-refractivity contribution in [2.24, 2.45) is 0 Å². The molecule has 0 unspecified atom stereocenters. The third-order valence-corrected chi connectivity index (χ3v) is 4.00. The third-order valence-electron chi connectivity index (χ3n) is 4.00. The smallest absolute Gasteiger partial charge is 0.177 e. The Labute approximate surface area is 158 Å². The molecule has 0 amide bonds. The fraction of sp³-hybridized carbons (Fsp3) is 0.143. The van der Waals surface area contributed by atoms with Crippen molar-refractivity contribution in [3.8, 4) is 16.9 Å². The minimum absolute atomic E-state index is 0.147. The molecule has 148 valence electrons. The van der Waals surface area contributed by atoms with Gasteiger partial charge in [-0.15, -0.1) is 0 Å². The van der Waals surface area contributed by atoms with Gasteiger partial charge >= 0.3 is 0 Å². The van der Waals surface area contributed by atoms with E-state index >= 15 is 0 Å². The van der Waals surface area contributed by atoms with Gasteiger partial charge in [-0.3, -0.25) is 4.94 Å². The number of alkyl halides is 1. The van der Waals surface area contributed by atoms with Gasteiger partial charge in [0.1, 0.15) is 29.9 Å². The van der Waals surface area contributed by atoms with Crippen LogP contribution in [0.1, 0.15) is 16.7 Å². The summed E-state index contributed by atoms with van der Waals surface area (Å²) in [6.45, 7) is 2.05. The maximum Gasteiger partial charge on any atom is 0.177 e. The molecule has 3 rings (SSSR count). The van der Waals surface area contributed by atoms with Crippen molar-refractivity contribution in [1.82, 2.24) is 0 Å². The van der Waals surface area contributed by atoms with Crippen LogP contribution in [0.15, 0.2) is 48.5 Å². The highest BCUT2D eigenvalue weighted by Crippen LogP contribution is 2.25. The number of hydrogen-bond acceptors (Lipinski definition) is 1. The number of hydrogen-bond donors (Lipinski definition) is 0. The highest BCUT2D eigenvalue weighted by Gasteiger charge is 2.11. The first kappa shape index (κ1) is 21.3. The van der Waals surface area contributed by atoms with Crippen LogP contribution >= 0.6 is 0 Å². The largest absolute Gasteiger partial charge is 0.294 e. The van der Waals surface area contributed by atoms with Crippen LogP contribution in [0.5, 0.6) is 5.75 Å². The minimum atomic E-state index is -1.13. The van der Waals surface area contributed by atoms with E-state index in [1.54, 1.807) is 12.1 Å². The summed E-state index contributed by atoms with van der Waals surface area (Å²) in [5.74, 6) is -3.80. The first-order chi connectivity index (χ1) is 13.3. The molecule has 0 saturated carbocycles. The number of halogens is 6. The topological polar surface area (TPSA) is 9.23 Å². The maximum absolute atomic E-state index is 13.4. The first-order valence-corrected chi connectivity index (χ1v) is 8.12. The first-order valence-electron chi connectivity index (χ1n) is 8.12. The lowest BCUT2D eigenvalue weighted by Crippen LogP contribution is -1.94. The van der Waals surface area contributed by atoms with E-state index in [0.29, 0.717) is 11.1 Å². The lowest BCUT2D eigenvalue weighted by molar-refractivity contribution is -0.00694. The van der Waals surface area contributed by atoms with Crippen molar-refractivity contribution in [3.63, 3.8) is 0 Å². The molecule has 0 N–H and O–H groups in total. The van der Waals surface area contributed by atoms with Crippen LogP contribution in [0.25, 0.3) is 11.1 Å². The van der Waals surface area contributed by atoms with Crippen molar-refractivity contribution >= 4 is 0 Å². The van der Waals surface area contributed by atoms with E-state index in [0.717, 1.165) is 29.8 Å². The quantitative estimate of drug-likeness (QED) is 0.434. The third kappa shape index (κ3) is 5.06. The van der Waals surface area contributed by atoms with E-state index < -0.39 is 41.3 Å². The van der Waals surface area contributed by atoms with E-state index in [-0.39, 0.29) is 5.56 Å². The molecule has 1 nitrogen and oxygen atoms in total. The van der Waals surface area contributed by atoms with E-state index in [2.05, 4.69) is 4.94 Å². The van der Waals surface area contributed by atoms with Crippen molar-refractivity contribution in [1.29, 1.82) is 0 Å². The van der Waals surface area contributed by atoms with Gasteiger partial charge in [-0.25, -0.2) is 22.0 Å². The van der Waals surface area contributed by atoms with E-state index in [1.165, 1.54) is 6.92 Å². The van der Waals surface area contributed by atoms with Gasteiger partial charge in [0, 0.05) is 22.2 Å². The summed E-state index contributed by atoms with van der Waals surface area (Å²) < 4.78 is 75.6. The average Bonchev–Trinajstić information content (AvgIpc) is 2.66. The molecule has 0 aromatic heterocycles. The predicted octanol–water partition coefficient (Wildman–Crippen LogP) is 6.95. The molecule has 3 aromatic carbocycles. The van der Waals surface area contributed by atoms with Gasteiger partial charge in [0.05, 0.1) is 5.56 Å². The molecule has 3 aromatic rings. The maximum atomic E-state index is 13.4. The second-order valence-corrected chi connectivity index (χ2v) is 6.01. The summed E-state index contributed by atoms with van der Waals surface area (Å²) in [5.41, 5.74) is 1.53. The van der Waals surface area contributed by atoms with Crippen LogP contribution in [0.4, 0.5) is 26.5 Å². The number of aryl methyl sites for hydroxylation is 1. The summed E-state index contributed by atoms with van der Waals surface area (Å²) in [5, 5.41) is 0. The summed E-state index contributed by atoms with van der Waals surface area (Å²) in [6.07, 6.45) is 0. The normalized spacial score (nSPS) is 10.3. The van der Waals surface area contributed by atoms with Gasteiger partial charge < -0.3 is 0 Å². The Bertz CT molecular complexity index is 908. The van der Waals surface area contributed by atoms with Crippen LogP contribution in [-0.2, 0) is 6.67 Å². The zero-order chi connectivity index (χ0) is 20.8. The highest BCUT2D eigenvalue weighted by molar-refractivity contribution is 5.64. The molecule has 0 radical (unpaired) electrons. The zero-order valence-corrected chi connectivity index (χ0v) is 15.0. The predicted molar refractivity (Wildman–Crippen MR) is 94.2 cm³/mol. The molecule has 0 aliphatic heterocycles. The second kappa shape index (κ2) is 9.30. The van der Waals surface area contributed by atoms with Gasteiger partial charge in [-0.1, -0.05) is 29.8 Å². The molecule has 0 fully saturated rings. The highest BCUT2D eigenvalue weighted by atomic mass is 19.3. The Morgan fingerprint density at radius 2 is 1.21 bits per heavy atom. The number of benzene rings is 3. The minimum Gasteiger partial charge on any atom is -0.294 e. The summed E-state index contributed by atoms with van der Waals surface area (Å²) >= 11 is 0. The molecule has 28 heavy (non-hydrogen) atoms. The monoisotopic (exact) mass is 398 g/mol. The van der Waals surface area contributed by atoms with Crippen molar-refractivity contribution in [2.75, 3.05) is 0 Å².